The van der Waals surface area contributed by atoms with Crippen molar-refractivity contribution >= 4 is 27.2 Å². The SMILES string of the molecule is COc1ccc2sc(-c3cnccc3NCc3ccccc3)nc2c1. The number of anilines is 1. The van der Waals surface area contributed by atoms with E-state index in [1.807, 2.05) is 48.7 Å². The number of aromatic nitrogens is 2. The lowest BCUT2D eigenvalue weighted by atomic mass is 10.2. The van der Waals surface area contributed by atoms with Crippen molar-refractivity contribution in [2.75, 3.05) is 12.4 Å². The third kappa shape index (κ3) is 3.32. The molecule has 2 heterocycles. The predicted molar refractivity (Wildman–Crippen MR) is 103 cm³/mol. The van der Waals surface area contributed by atoms with Crippen LogP contribution in [0.4, 0.5) is 5.69 Å². The van der Waals surface area contributed by atoms with Gasteiger partial charge in [-0.25, -0.2) is 4.98 Å². The highest BCUT2D eigenvalue weighted by atomic mass is 32.1. The van der Waals surface area contributed by atoms with E-state index in [9.17, 15) is 0 Å². The third-order valence-corrected chi connectivity index (χ3v) is 5.04. The average Bonchev–Trinajstić information content (AvgIpc) is 3.10. The molecule has 0 radical (unpaired) electrons. The Kier molecular flexibility index (Phi) is 4.31. The monoisotopic (exact) mass is 347 g/mol. The zero-order valence-electron chi connectivity index (χ0n) is 13.8. The van der Waals surface area contributed by atoms with E-state index in [1.165, 1.54) is 5.56 Å². The van der Waals surface area contributed by atoms with Crippen LogP contribution in [0, 0.1) is 0 Å². The van der Waals surface area contributed by atoms with E-state index < -0.39 is 0 Å². The highest BCUT2D eigenvalue weighted by molar-refractivity contribution is 7.21. The molecule has 2 aromatic heterocycles. The highest BCUT2D eigenvalue weighted by Crippen LogP contribution is 2.35. The van der Waals surface area contributed by atoms with Gasteiger partial charge in [0.15, 0.2) is 0 Å². The van der Waals surface area contributed by atoms with Crippen molar-refractivity contribution in [3.8, 4) is 16.3 Å². The Morgan fingerprint density at radius 3 is 2.80 bits per heavy atom. The van der Waals surface area contributed by atoms with Crippen molar-refractivity contribution < 1.29 is 4.74 Å². The van der Waals surface area contributed by atoms with E-state index in [2.05, 4.69) is 22.4 Å². The minimum absolute atomic E-state index is 0.760. The topological polar surface area (TPSA) is 47.0 Å². The van der Waals surface area contributed by atoms with Gasteiger partial charge in [0.2, 0.25) is 0 Å². The summed E-state index contributed by atoms with van der Waals surface area (Å²) in [6.45, 7) is 0.760. The average molecular weight is 347 g/mol. The van der Waals surface area contributed by atoms with E-state index in [-0.39, 0.29) is 0 Å². The zero-order valence-corrected chi connectivity index (χ0v) is 14.6. The van der Waals surface area contributed by atoms with Crippen LogP contribution >= 0.6 is 11.3 Å². The number of hydrogen-bond acceptors (Lipinski definition) is 5. The van der Waals surface area contributed by atoms with Crippen LogP contribution in [0.15, 0.2) is 67.0 Å². The molecule has 0 bridgehead atoms. The lowest BCUT2D eigenvalue weighted by Gasteiger charge is -2.10. The zero-order chi connectivity index (χ0) is 17.1. The summed E-state index contributed by atoms with van der Waals surface area (Å²) >= 11 is 1.66. The van der Waals surface area contributed by atoms with Crippen LogP contribution in [-0.2, 0) is 6.54 Å². The molecule has 5 heteroatoms. The van der Waals surface area contributed by atoms with Gasteiger partial charge in [0, 0.05) is 30.7 Å². The maximum atomic E-state index is 5.29. The molecule has 1 N–H and O–H groups in total. The van der Waals surface area contributed by atoms with Gasteiger partial charge < -0.3 is 10.1 Å². The molecular formula is C20H17N3OS. The maximum Gasteiger partial charge on any atom is 0.128 e. The van der Waals surface area contributed by atoms with E-state index >= 15 is 0 Å². The number of thiazole rings is 1. The van der Waals surface area contributed by atoms with E-state index in [4.69, 9.17) is 9.72 Å². The molecule has 4 aromatic rings. The second-order valence-electron chi connectivity index (χ2n) is 5.61. The Morgan fingerprint density at radius 2 is 1.96 bits per heavy atom. The van der Waals surface area contributed by atoms with Gasteiger partial charge in [0.25, 0.3) is 0 Å². The Morgan fingerprint density at radius 1 is 1.08 bits per heavy atom. The number of rotatable bonds is 5. The molecule has 4 rings (SSSR count). The number of pyridine rings is 1. The second-order valence-corrected chi connectivity index (χ2v) is 6.64. The summed E-state index contributed by atoms with van der Waals surface area (Å²) in [5.74, 6) is 0.818. The molecule has 124 valence electrons. The first-order valence-corrected chi connectivity index (χ1v) is 8.82. The molecule has 25 heavy (non-hydrogen) atoms. The number of benzene rings is 2. The van der Waals surface area contributed by atoms with E-state index in [0.717, 1.165) is 38.8 Å². The van der Waals surface area contributed by atoms with Gasteiger partial charge in [-0.15, -0.1) is 11.3 Å². The molecule has 0 atom stereocenters. The highest BCUT2D eigenvalue weighted by Gasteiger charge is 2.11. The number of fused-ring (bicyclic) bond motifs is 1. The fourth-order valence-corrected chi connectivity index (χ4v) is 3.63. The van der Waals surface area contributed by atoms with Crippen LogP contribution in [0.25, 0.3) is 20.8 Å². The van der Waals surface area contributed by atoms with Crippen LogP contribution < -0.4 is 10.1 Å². The normalized spacial score (nSPS) is 10.8. The fraction of sp³-hybridized carbons (Fsp3) is 0.100. The van der Waals surface area contributed by atoms with Gasteiger partial charge in [0.05, 0.1) is 22.9 Å². The Balaban J connectivity index is 1.66. The first-order chi connectivity index (χ1) is 12.3. The largest absolute Gasteiger partial charge is 0.497 e. The van der Waals surface area contributed by atoms with Crippen LogP contribution in [-0.4, -0.2) is 17.1 Å². The molecule has 0 spiro atoms. The molecule has 0 aliphatic rings. The Labute approximate surface area is 150 Å². The summed E-state index contributed by atoms with van der Waals surface area (Å²) in [7, 11) is 1.67. The summed E-state index contributed by atoms with van der Waals surface area (Å²) in [6, 6.07) is 18.3. The molecule has 0 saturated carbocycles. The summed E-state index contributed by atoms with van der Waals surface area (Å²) in [6.07, 6.45) is 3.66. The molecule has 0 aliphatic heterocycles. The van der Waals surface area contributed by atoms with Crippen LogP contribution in [0.2, 0.25) is 0 Å². The number of ether oxygens (including phenoxy) is 1. The molecule has 0 fully saturated rings. The van der Waals surface area contributed by atoms with Gasteiger partial charge in [-0.3, -0.25) is 4.98 Å². The summed E-state index contributed by atoms with van der Waals surface area (Å²) in [4.78, 5) is 9.05. The molecule has 0 unspecified atom stereocenters. The van der Waals surface area contributed by atoms with E-state index in [0.29, 0.717) is 0 Å². The van der Waals surface area contributed by atoms with Crippen molar-refractivity contribution in [2.45, 2.75) is 6.54 Å². The summed E-state index contributed by atoms with van der Waals surface area (Å²) in [5.41, 5.74) is 4.22. The second kappa shape index (κ2) is 6.91. The van der Waals surface area contributed by atoms with E-state index in [1.54, 1.807) is 24.6 Å². The van der Waals surface area contributed by atoms with Crippen LogP contribution in [0.5, 0.6) is 5.75 Å². The predicted octanol–water partition coefficient (Wildman–Crippen LogP) is 4.98. The van der Waals surface area contributed by atoms with Crippen LogP contribution in [0.3, 0.4) is 0 Å². The molecule has 0 amide bonds. The van der Waals surface area contributed by atoms with Gasteiger partial charge in [-0.2, -0.15) is 0 Å². The minimum atomic E-state index is 0.760. The number of nitrogens with zero attached hydrogens (tertiary/aromatic N) is 2. The lowest BCUT2D eigenvalue weighted by molar-refractivity contribution is 0.415. The molecule has 4 nitrogen and oxygen atoms in total. The fourth-order valence-electron chi connectivity index (χ4n) is 2.66. The van der Waals surface area contributed by atoms with Crippen LogP contribution in [0.1, 0.15) is 5.56 Å². The first-order valence-electron chi connectivity index (χ1n) is 8.00. The summed E-state index contributed by atoms with van der Waals surface area (Å²) in [5, 5.41) is 4.45. The van der Waals surface area contributed by atoms with Crippen molar-refractivity contribution in [3.63, 3.8) is 0 Å². The van der Waals surface area contributed by atoms with Crippen molar-refractivity contribution in [1.82, 2.24) is 9.97 Å². The number of hydrogen-bond donors (Lipinski definition) is 1. The smallest absolute Gasteiger partial charge is 0.128 e. The van der Waals surface area contributed by atoms with Crippen molar-refractivity contribution in [1.29, 1.82) is 0 Å². The van der Waals surface area contributed by atoms with Crippen molar-refractivity contribution in [2.24, 2.45) is 0 Å². The molecule has 2 aromatic carbocycles. The Bertz CT molecular complexity index is 998. The minimum Gasteiger partial charge on any atom is -0.497 e. The number of nitrogens with one attached hydrogen (secondary N) is 1. The lowest BCUT2D eigenvalue weighted by Crippen LogP contribution is -2.01. The van der Waals surface area contributed by atoms with Crippen molar-refractivity contribution in [3.05, 3.63) is 72.6 Å². The number of methoxy groups -OCH3 is 1. The van der Waals surface area contributed by atoms with Gasteiger partial charge >= 0.3 is 0 Å². The van der Waals surface area contributed by atoms with Gasteiger partial charge in [-0.1, -0.05) is 30.3 Å². The molecule has 0 aliphatic carbocycles. The Hall–Kier alpha value is -2.92. The summed E-state index contributed by atoms with van der Waals surface area (Å²) < 4.78 is 6.42. The maximum absolute atomic E-state index is 5.29. The molecule has 0 saturated heterocycles. The third-order valence-electron chi connectivity index (χ3n) is 3.97. The molecular weight excluding hydrogens is 330 g/mol. The first kappa shape index (κ1) is 15.6. The quantitative estimate of drug-likeness (QED) is 0.553. The standard InChI is InChI=1S/C20H17N3OS/c1-24-15-7-8-19-18(11-15)23-20(25-19)16-13-21-10-9-17(16)22-12-14-5-3-2-4-6-14/h2-11,13H,12H2,1H3,(H,21,22). The van der Waals surface area contributed by atoms with Gasteiger partial charge in [0.1, 0.15) is 10.8 Å². The van der Waals surface area contributed by atoms with Gasteiger partial charge in [-0.05, 0) is 23.8 Å².